The minimum Gasteiger partial charge on any atom is -0.465 e. The van der Waals surface area contributed by atoms with Gasteiger partial charge in [-0.2, -0.15) is 4.68 Å². The molecule has 0 saturated carbocycles. The fourth-order valence-electron chi connectivity index (χ4n) is 2.95. The Morgan fingerprint density at radius 1 is 1.03 bits per heavy atom. The van der Waals surface area contributed by atoms with E-state index in [9.17, 15) is 19.2 Å². The number of fused-ring (bicyclic) bond motifs is 2. The highest BCUT2D eigenvalue weighted by molar-refractivity contribution is 6.31. The van der Waals surface area contributed by atoms with Crippen molar-refractivity contribution in [3.8, 4) is 0 Å². The smallest absolute Gasteiger partial charge is 0.348 e. The quantitative estimate of drug-likeness (QED) is 0.444. The molecule has 29 heavy (non-hydrogen) atoms. The van der Waals surface area contributed by atoms with E-state index >= 15 is 0 Å². The number of hydrogen-bond acceptors (Lipinski definition) is 5. The number of aromatic amines is 2. The molecule has 4 rings (SSSR count). The van der Waals surface area contributed by atoms with Crippen LogP contribution < -0.4 is 16.7 Å². The Kier molecular flexibility index (Phi) is 4.44. The third kappa shape index (κ3) is 3.27. The van der Waals surface area contributed by atoms with Gasteiger partial charge in [-0.15, -0.1) is 0 Å². The zero-order chi connectivity index (χ0) is 20.7. The monoisotopic (exact) mass is 412 g/mol. The van der Waals surface area contributed by atoms with Crippen LogP contribution in [0.3, 0.4) is 0 Å². The lowest BCUT2D eigenvalue weighted by molar-refractivity contribution is 0.0600. The van der Waals surface area contributed by atoms with Crippen molar-refractivity contribution in [2.45, 2.75) is 0 Å². The number of amides is 1. The van der Waals surface area contributed by atoms with Gasteiger partial charge >= 0.3 is 11.7 Å². The maximum absolute atomic E-state index is 12.7. The molecule has 0 aliphatic heterocycles. The number of benzene rings is 2. The van der Waals surface area contributed by atoms with E-state index < -0.39 is 23.1 Å². The first kappa shape index (κ1) is 18.5. The summed E-state index contributed by atoms with van der Waals surface area (Å²) in [7, 11) is 1.22. The van der Waals surface area contributed by atoms with E-state index in [2.05, 4.69) is 20.1 Å². The zero-order valence-electron chi connectivity index (χ0n) is 14.9. The molecule has 0 aliphatic carbocycles. The maximum Gasteiger partial charge on any atom is 0.348 e. The summed E-state index contributed by atoms with van der Waals surface area (Å²) in [6.45, 7) is 0. The highest BCUT2D eigenvalue weighted by Crippen LogP contribution is 2.20. The maximum atomic E-state index is 12.7. The SMILES string of the molecule is COC(=O)c1ccc2c(=O)n(NC(=O)c3cc4cc(Cl)ccc4[nH]3)c(=O)[nH]c2c1. The van der Waals surface area contributed by atoms with E-state index in [-0.39, 0.29) is 22.2 Å². The molecule has 0 spiro atoms. The van der Waals surface area contributed by atoms with Crippen LogP contribution in [0.25, 0.3) is 21.8 Å². The van der Waals surface area contributed by atoms with Crippen LogP contribution in [0.4, 0.5) is 0 Å². The van der Waals surface area contributed by atoms with Crippen molar-refractivity contribution in [2.75, 3.05) is 12.5 Å². The van der Waals surface area contributed by atoms with E-state index in [1.165, 1.54) is 25.3 Å². The molecular formula is C19H13ClN4O5. The molecule has 0 aliphatic rings. The van der Waals surface area contributed by atoms with Gasteiger partial charge in [0.25, 0.3) is 11.5 Å². The Morgan fingerprint density at radius 2 is 1.83 bits per heavy atom. The zero-order valence-corrected chi connectivity index (χ0v) is 15.7. The summed E-state index contributed by atoms with van der Waals surface area (Å²) in [5.41, 5.74) is 1.81. The molecule has 0 atom stereocenters. The molecule has 2 heterocycles. The molecule has 4 aromatic rings. The number of methoxy groups -OCH3 is 1. The number of hydrogen-bond donors (Lipinski definition) is 3. The summed E-state index contributed by atoms with van der Waals surface area (Å²) in [6.07, 6.45) is 0. The first-order valence-corrected chi connectivity index (χ1v) is 8.72. The van der Waals surface area contributed by atoms with Gasteiger partial charge < -0.3 is 14.7 Å². The summed E-state index contributed by atoms with van der Waals surface area (Å²) in [4.78, 5) is 54.5. The normalized spacial score (nSPS) is 11.0. The predicted octanol–water partition coefficient (Wildman–Crippen LogP) is 1.99. The number of ether oxygens (including phenoxy) is 1. The van der Waals surface area contributed by atoms with Crippen molar-refractivity contribution in [1.29, 1.82) is 0 Å². The van der Waals surface area contributed by atoms with Crippen molar-refractivity contribution < 1.29 is 14.3 Å². The Balaban J connectivity index is 1.73. The molecule has 0 fully saturated rings. The van der Waals surface area contributed by atoms with Gasteiger partial charge in [-0.1, -0.05) is 11.6 Å². The molecule has 10 heteroatoms. The fourth-order valence-corrected chi connectivity index (χ4v) is 3.13. The molecular weight excluding hydrogens is 400 g/mol. The number of nitrogens with one attached hydrogen (secondary N) is 3. The van der Waals surface area contributed by atoms with Gasteiger partial charge in [-0.3, -0.25) is 15.0 Å². The summed E-state index contributed by atoms with van der Waals surface area (Å²) >= 11 is 5.94. The van der Waals surface area contributed by atoms with E-state index in [0.29, 0.717) is 20.6 Å². The Morgan fingerprint density at radius 3 is 2.59 bits per heavy atom. The first-order valence-electron chi connectivity index (χ1n) is 8.34. The molecule has 1 amide bonds. The first-order chi connectivity index (χ1) is 13.9. The second-order valence-electron chi connectivity index (χ2n) is 6.18. The molecule has 146 valence electrons. The van der Waals surface area contributed by atoms with Crippen LogP contribution in [-0.4, -0.2) is 33.6 Å². The average Bonchev–Trinajstić information content (AvgIpc) is 3.13. The van der Waals surface area contributed by atoms with Crippen LogP contribution in [0.1, 0.15) is 20.8 Å². The minimum absolute atomic E-state index is 0.112. The Bertz CT molecular complexity index is 1420. The van der Waals surface area contributed by atoms with Crippen molar-refractivity contribution >= 4 is 45.3 Å². The van der Waals surface area contributed by atoms with Crippen LogP contribution in [0, 0.1) is 0 Å². The van der Waals surface area contributed by atoms with E-state index in [4.69, 9.17) is 11.6 Å². The van der Waals surface area contributed by atoms with Gasteiger partial charge in [0.1, 0.15) is 5.69 Å². The topological polar surface area (TPSA) is 126 Å². The molecule has 3 N–H and O–H groups in total. The molecule has 9 nitrogen and oxygen atoms in total. The number of halogens is 1. The number of H-pyrrole nitrogens is 2. The second kappa shape index (κ2) is 6.95. The van der Waals surface area contributed by atoms with Crippen molar-refractivity contribution in [3.05, 3.63) is 79.6 Å². The number of carbonyl (C=O) groups excluding carboxylic acids is 2. The second-order valence-corrected chi connectivity index (χ2v) is 6.61. The lowest BCUT2D eigenvalue weighted by Gasteiger charge is -2.08. The third-order valence-electron chi connectivity index (χ3n) is 4.36. The van der Waals surface area contributed by atoms with E-state index in [1.807, 2.05) is 0 Å². The standard InChI is InChI=1S/C19H13ClN4O5/c1-29-18(27)9-2-4-12-14(7-9)22-19(28)24(17(12)26)23-16(25)15-8-10-6-11(20)3-5-13(10)21-15/h2-8,21H,1H3,(H,22,28)(H,23,25). The van der Waals surface area contributed by atoms with Gasteiger partial charge in [0.2, 0.25) is 0 Å². The van der Waals surface area contributed by atoms with Crippen molar-refractivity contribution in [2.24, 2.45) is 0 Å². The highest BCUT2D eigenvalue weighted by Gasteiger charge is 2.15. The fraction of sp³-hybridized carbons (Fsp3) is 0.0526. The lowest BCUT2D eigenvalue weighted by atomic mass is 10.1. The number of carbonyl (C=O) groups is 2. The summed E-state index contributed by atoms with van der Waals surface area (Å²) in [5, 5.41) is 1.33. The van der Waals surface area contributed by atoms with Crippen molar-refractivity contribution in [3.63, 3.8) is 0 Å². The van der Waals surface area contributed by atoms with Gasteiger partial charge in [-0.05, 0) is 42.5 Å². The van der Waals surface area contributed by atoms with Crippen molar-refractivity contribution in [1.82, 2.24) is 14.6 Å². The number of esters is 1. The number of rotatable bonds is 3. The summed E-state index contributed by atoms with van der Waals surface area (Å²) in [5.74, 6) is -1.29. The molecule has 0 unspecified atom stereocenters. The predicted molar refractivity (Wildman–Crippen MR) is 107 cm³/mol. The number of nitrogens with zero attached hydrogens (tertiary/aromatic N) is 1. The van der Waals surface area contributed by atoms with Crippen LogP contribution in [-0.2, 0) is 4.74 Å². The largest absolute Gasteiger partial charge is 0.465 e. The average molecular weight is 413 g/mol. The van der Waals surface area contributed by atoms with Crippen LogP contribution >= 0.6 is 11.6 Å². The summed E-state index contributed by atoms with van der Waals surface area (Å²) < 4.78 is 5.19. The van der Waals surface area contributed by atoms with Crippen LogP contribution in [0.15, 0.2) is 52.1 Å². The molecule has 2 aromatic heterocycles. The lowest BCUT2D eigenvalue weighted by Crippen LogP contribution is -2.43. The van der Waals surface area contributed by atoms with Gasteiger partial charge in [0.15, 0.2) is 0 Å². The van der Waals surface area contributed by atoms with Gasteiger partial charge in [-0.25, -0.2) is 9.59 Å². The van der Waals surface area contributed by atoms with Crippen LogP contribution in [0.5, 0.6) is 0 Å². The summed E-state index contributed by atoms with van der Waals surface area (Å²) in [6, 6.07) is 10.7. The van der Waals surface area contributed by atoms with Crippen LogP contribution in [0.2, 0.25) is 5.02 Å². The minimum atomic E-state index is -0.864. The third-order valence-corrected chi connectivity index (χ3v) is 4.59. The molecule has 0 radical (unpaired) electrons. The van der Waals surface area contributed by atoms with Gasteiger partial charge in [0.05, 0.1) is 23.6 Å². The number of aromatic nitrogens is 3. The van der Waals surface area contributed by atoms with Gasteiger partial charge in [0, 0.05) is 15.9 Å². The molecule has 2 aromatic carbocycles. The van der Waals surface area contributed by atoms with E-state index in [0.717, 1.165) is 0 Å². The van der Waals surface area contributed by atoms with E-state index in [1.54, 1.807) is 24.3 Å². The molecule has 0 saturated heterocycles. The Labute approximate surface area is 166 Å². The highest BCUT2D eigenvalue weighted by atomic mass is 35.5. The molecule has 0 bridgehead atoms. The Hall–Kier alpha value is -3.85.